The number of hydrogen-bond donors (Lipinski definition) is 2. The van der Waals surface area contributed by atoms with E-state index in [-0.39, 0.29) is 50.6 Å². The highest BCUT2D eigenvalue weighted by Crippen LogP contribution is 2.72. The predicted octanol–water partition coefficient (Wildman–Crippen LogP) is 4.65. The third-order valence-corrected chi connectivity index (χ3v) is 15.5. The fourth-order valence-electron chi connectivity index (χ4n) is 9.74. The van der Waals surface area contributed by atoms with E-state index in [2.05, 4.69) is 5.32 Å². The second-order valence-electron chi connectivity index (χ2n) is 16.1. The molecule has 0 aromatic heterocycles. The minimum absolute atomic E-state index is 0.00217. The van der Waals surface area contributed by atoms with Crippen molar-refractivity contribution in [2.75, 3.05) is 18.9 Å². The lowest BCUT2D eigenvalue weighted by atomic mass is 9.44. The van der Waals surface area contributed by atoms with E-state index in [1.54, 1.807) is 20.8 Å². The standard InChI is InChI=1S/C37H48F2N2O11S2/c1-6-7-31-50-27-16-21-22-15-24(38)23-14-20(42)10-11-34(23,4)36(22,39)25(43)17-35(21,5)37(27,51-31)26(44)19-49-32(48)40-12-13-53-54-33(2,3)18-30(47)52-41-28(45)8-9-29(41)46/h10-11,14,21-22,24-25,27,31,43H,6-9,12-13,15-19H2,1-5H3,(H,40,48)/t21-,22-,24-,25-,27+,31?,34-,35-,36-,37+/m0/s1. The lowest BCUT2D eigenvalue weighted by molar-refractivity contribution is -0.234. The first-order valence-corrected chi connectivity index (χ1v) is 20.8. The number of hydroxylamine groups is 2. The zero-order valence-electron chi connectivity index (χ0n) is 31.0. The number of amides is 3. The first-order valence-electron chi connectivity index (χ1n) is 18.4. The van der Waals surface area contributed by atoms with Crippen LogP contribution in [0.4, 0.5) is 13.6 Å². The van der Waals surface area contributed by atoms with Crippen LogP contribution in [0.1, 0.15) is 86.0 Å². The Morgan fingerprint density at radius 2 is 1.83 bits per heavy atom. The summed E-state index contributed by atoms with van der Waals surface area (Å²) in [5.74, 6) is -4.16. The number of ketones is 2. The van der Waals surface area contributed by atoms with Crippen LogP contribution in [-0.2, 0) is 43.0 Å². The number of ether oxygens (including phenoxy) is 3. The summed E-state index contributed by atoms with van der Waals surface area (Å²) in [7, 11) is 2.71. The second kappa shape index (κ2) is 14.9. The summed E-state index contributed by atoms with van der Waals surface area (Å²) < 4.78 is 51.1. The second-order valence-corrected chi connectivity index (χ2v) is 19.2. The van der Waals surface area contributed by atoms with E-state index in [0.717, 1.165) is 6.08 Å². The molecule has 13 nitrogen and oxygen atoms in total. The van der Waals surface area contributed by atoms with Crippen LogP contribution in [-0.4, -0.2) is 105 Å². The number of carbonyl (C=O) groups is 6. The molecule has 2 N–H and O–H groups in total. The molecule has 0 spiro atoms. The van der Waals surface area contributed by atoms with Gasteiger partial charge in [-0.1, -0.05) is 47.9 Å². The Morgan fingerprint density at radius 1 is 1.13 bits per heavy atom. The topological polar surface area (TPSA) is 175 Å². The first kappa shape index (κ1) is 40.8. The van der Waals surface area contributed by atoms with Crippen molar-refractivity contribution in [1.82, 2.24) is 10.4 Å². The van der Waals surface area contributed by atoms with Crippen molar-refractivity contribution < 1.29 is 61.7 Å². The Balaban J connectivity index is 1.07. The van der Waals surface area contributed by atoms with Crippen molar-refractivity contribution in [3.05, 3.63) is 23.8 Å². The number of fused-ring (bicyclic) bond motifs is 7. The highest BCUT2D eigenvalue weighted by atomic mass is 33.1. The van der Waals surface area contributed by atoms with Gasteiger partial charge in [0.2, 0.25) is 5.78 Å². The smallest absolute Gasteiger partial charge is 0.407 e. The van der Waals surface area contributed by atoms with Crippen LogP contribution in [0, 0.1) is 22.7 Å². The van der Waals surface area contributed by atoms with Gasteiger partial charge in [-0.3, -0.25) is 19.2 Å². The molecule has 0 aromatic rings. The summed E-state index contributed by atoms with van der Waals surface area (Å²) in [6, 6.07) is 0. The molecule has 2 heterocycles. The maximum atomic E-state index is 17.7. The number of nitrogens with one attached hydrogen (secondary N) is 1. The van der Waals surface area contributed by atoms with E-state index >= 15 is 8.78 Å². The average Bonchev–Trinajstić information content (AvgIpc) is 3.70. The summed E-state index contributed by atoms with van der Waals surface area (Å²) in [6.45, 7) is 8.24. The SMILES string of the molecule is CCCC1O[C@@H]2C[C@H]3[C@@H]4C[C@H](F)C5=CC(=O)C=C[C@]5(C)[C@@]4(F)[C@@H](O)C[C@]3(C)[C@]2(C(=O)COC(=O)NCCSSC(C)(C)CC(=O)ON2C(=O)CCC2=O)O1. The van der Waals surface area contributed by atoms with Gasteiger partial charge in [-0.15, -0.1) is 5.06 Å². The van der Waals surface area contributed by atoms with Crippen molar-refractivity contribution in [2.24, 2.45) is 22.7 Å². The molecule has 2 saturated heterocycles. The molecule has 6 rings (SSSR count). The first-order chi connectivity index (χ1) is 25.3. The Morgan fingerprint density at radius 3 is 2.52 bits per heavy atom. The summed E-state index contributed by atoms with van der Waals surface area (Å²) in [5.41, 5.74) is -6.83. The van der Waals surface area contributed by atoms with Crippen molar-refractivity contribution in [3.63, 3.8) is 0 Å². The number of nitrogens with zero attached hydrogens (tertiary/aromatic N) is 1. The molecular formula is C37H48F2N2O11S2. The number of halogens is 2. The lowest BCUT2D eigenvalue weighted by Crippen LogP contribution is -2.71. The van der Waals surface area contributed by atoms with E-state index in [4.69, 9.17) is 19.0 Å². The van der Waals surface area contributed by atoms with Crippen LogP contribution < -0.4 is 5.32 Å². The monoisotopic (exact) mass is 798 g/mol. The molecule has 3 amide bonds. The number of aliphatic hydroxyl groups is 1. The van der Waals surface area contributed by atoms with E-state index in [1.807, 2.05) is 6.92 Å². The number of Topliss-reactive ketones (excluding diaryl/α,β-unsaturated/α-hetero) is 1. The third kappa shape index (κ3) is 6.72. The molecule has 17 heteroatoms. The number of imide groups is 1. The number of aliphatic hydroxyl groups excluding tert-OH is 1. The highest BCUT2D eigenvalue weighted by molar-refractivity contribution is 8.77. The number of allylic oxidation sites excluding steroid dienone is 4. The molecule has 54 heavy (non-hydrogen) atoms. The normalized spacial score (nSPS) is 38.3. The maximum absolute atomic E-state index is 17.7. The Hall–Kier alpha value is -2.86. The zero-order valence-corrected chi connectivity index (χ0v) is 32.7. The maximum Gasteiger partial charge on any atom is 0.407 e. The molecule has 1 unspecified atom stereocenters. The Bertz CT molecular complexity index is 1640. The van der Waals surface area contributed by atoms with Crippen molar-refractivity contribution in [1.29, 1.82) is 0 Å². The Kier molecular flexibility index (Phi) is 11.3. The van der Waals surface area contributed by atoms with E-state index in [9.17, 15) is 33.9 Å². The van der Waals surface area contributed by atoms with Crippen molar-refractivity contribution in [2.45, 2.75) is 127 Å². The number of alkyl carbamates (subject to hydrolysis) is 1. The Labute approximate surface area is 320 Å². The molecule has 298 valence electrons. The minimum atomic E-state index is -2.34. The molecule has 5 fully saturated rings. The minimum Gasteiger partial charge on any atom is -0.441 e. The molecule has 0 bridgehead atoms. The van der Waals surface area contributed by atoms with Crippen LogP contribution in [0.5, 0.6) is 0 Å². The quantitative estimate of drug-likeness (QED) is 0.150. The van der Waals surface area contributed by atoms with Gasteiger partial charge >= 0.3 is 12.1 Å². The summed E-state index contributed by atoms with van der Waals surface area (Å²) >= 11 is 0. The van der Waals surface area contributed by atoms with E-state index in [1.165, 1.54) is 40.7 Å². The largest absolute Gasteiger partial charge is 0.441 e. The molecular weight excluding hydrogens is 751 g/mol. The highest BCUT2D eigenvalue weighted by Gasteiger charge is 2.80. The predicted molar refractivity (Wildman–Crippen MR) is 192 cm³/mol. The van der Waals surface area contributed by atoms with Crippen LogP contribution >= 0.6 is 21.6 Å². The molecule has 10 atom stereocenters. The van der Waals surface area contributed by atoms with Crippen LogP contribution in [0.3, 0.4) is 0 Å². The number of rotatable bonds is 13. The number of hydrogen-bond acceptors (Lipinski definition) is 13. The zero-order chi connectivity index (χ0) is 39.4. The summed E-state index contributed by atoms with van der Waals surface area (Å²) in [5, 5.41) is 14.8. The van der Waals surface area contributed by atoms with E-state index in [0.29, 0.717) is 23.7 Å². The molecule has 2 aliphatic heterocycles. The van der Waals surface area contributed by atoms with Gasteiger partial charge in [0.15, 0.2) is 29.9 Å². The molecule has 6 aliphatic rings. The molecule has 3 saturated carbocycles. The van der Waals surface area contributed by atoms with Gasteiger partial charge in [-0.2, -0.15) is 0 Å². The van der Waals surface area contributed by atoms with Gasteiger partial charge in [-0.25, -0.2) is 18.4 Å². The van der Waals surface area contributed by atoms with Gasteiger partial charge in [0.1, 0.15) is 6.17 Å². The average molecular weight is 799 g/mol. The fourth-order valence-corrected chi connectivity index (χ4v) is 12.1. The van der Waals surface area contributed by atoms with Gasteiger partial charge < -0.3 is 29.5 Å². The summed E-state index contributed by atoms with van der Waals surface area (Å²) in [4.78, 5) is 80.0. The van der Waals surface area contributed by atoms with Gasteiger partial charge in [0.25, 0.3) is 11.8 Å². The molecule has 0 aromatic carbocycles. The van der Waals surface area contributed by atoms with Crippen molar-refractivity contribution >= 4 is 57.0 Å². The van der Waals surface area contributed by atoms with Crippen molar-refractivity contribution in [3.8, 4) is 0 Å². The van der Waals surface area contributed by atoms with Gasteiger partial charge in [0, 0.05) is 46.6 Å². The summed E-state index contributed by atoms with van der Waals surface area (Å²) in [6.07, 6.45) is -1.31. The van der Waals surface area contributed by atoms with Crippen LogP contribution in [0.25, 0.3) is 0 Å². The van der Waals surface area contributed by atoms with Gasteiger partial charge in [-0.05, 0) is 70.1 Å². The number of carbonyl (C=O) groups excluding carboxylic acids is 6. The van der Waals surface area contributed by atoms with Gasteiger partial charge in [0.05, 0.1) is 18.6 Å². The molecule has 4 aliphatic carbocycles. The molecule has 0 radical (unpaired) electrons. The third-order valence-electron chi connectivity index (χ3n) is 12.2. The van der Waals surface area contributed by atoms with Crippen LogP contribution in [0.15, 0.2) is 23.8 Å². The lowest BCUT2D eigenvalue weighted by Gasteiger charge is -2.63. The van der Waals surface area contributed by atoms with Crippen LogP contribution in [0.2, 0.25) is 0 Å². The number of alkyl halides is 2. The van der Waals surface area contributed by atoms with E-state index < -0.39 is 105 Å². The fraction of sp³-hybridized carbons (Fsp3) is 0.730.